The summed E-state index contributed by atoms with van der Waals surface area (Å²) in [5, 5.41) is 0. The first-order chi connectivity index (χ1) is 4.41. The SMILES string of the molecule is COCCOCCNF. The maximum atomic E-state index is 11.1. The van der Waals surface area contributed by atoms with Gasteiger partial charge < -0.3 is 9.47 Å². The highest BCUT2D eigenvalue weighted by Gasteiger charge is 1.85. The van der Waals surface area contributed by atoms with Gasteiger partial charge in [-0.2, -0.15) is 5.54 Å². The van der Waals surface area contributed by atoms with E-state index in [1.807, 2.05) is 0 Å². The number of nitrogens with one attached hydrogen (secondary N) is 1. The Morgan fingerprint density at radius 3 is 2.67 bits per heavy atom. The Hall–Kier alpha value is -0.190. The number of halogens is 1. The van der Waals surface area contributed by atoms with E-state index >= 15 is 0 Å². The number of hydrogen-bond donors (Lipinski definition) is 1. The van der Waals surface area contributed by atoms with E-state index in [9.17, 15) is 4.48 Å². The van der Waals surface area contributed by atoms with E-state index in [4.69, 9.17) is 4.74 Å². The molecule has 0 aromatic rings. The summed E-state index contributed by atoms with van der Waals surface area (Å²) in [6, 6.07) is 0. The molecule has 0 bridgehead atoms. The molecule has 0 heterocycles. The molecule has 0 fully saturated rings. The Morgan fingerprint density at radius 2 is 2.11 bits per heavy atom. The van der Waals surface area contributed by atoms with Gasteiger partial charge in [0.05, 0.1) is 19.8 Å². The van der Waals surface area contributed by atoms with Crippen molar-refractivity contribution in [2.24, 2.45) is 0 Å². The first-order valence-corrected chi connectivity index (χ1v) is 2.82. The topological polar surface area (TPSA) is 30.5 Å². The molecule has 0 radical (unpaired) electrons. The Kier molecular flexibility index (Phi) is 7.65. The van der Waals surface area contributed by atoms with Gasteiger partial charge >= 0.3 is 0 Å². The molecule has 4 heteroatoms. The molecule has 1 N–H and O–H groups in total. The van der Waals surface area contributed by atoms with Gasteiger partial charge in [0.25, 0.3) is 0 Å². The minimum Gasteiger partial charge on any atom is -0.382 e. The van der Waals surface area contributed by atoms with Crippen LogP contribution < -0.4 is 5.54 Å². The molecule has 0 rings (SSSR count). The predicted molar refractivity (Wildman–Crippen MR) is 31.8 cm³/mol. The number of rotatable bonds is 6. The maximum absolute atomic E-state index is 11.1. The average Bonchev–Trinajstić information content (AvgIpc) is 1.89. The summed E-state index contributed by atoms with van der Waals surface area (Å²) in [6.45, 7) is 1.72. The van der Waals surface area contributed by atoms with Crippen molar-refractivity contribution < 1.29 is 14.0 Å². The minimum atomic E-state index is 0.240. The molecule has 0 atom stereocenters. The Balaban J connectivity index is 2.60. The van der Waals surface area contributed by atoms with Crippen LogP contribution in [-0.2, 0) is 9.47 Å². The Morgan fingerprint density at radius 1 is 1.33 bits per heavy atom. The van der Waals surface area contributed by atoms with Crippen LogP contribution >= 0.6 is 0 Å². The van der Waals surface area contributed by atoms with E-state index in [0.29, 0.717) is 19.8 Å². The summed E-state index contributed by atoms with van der Waals surface area (Å²) in [4.78, 5) is 0. The monoisotopic (exact) mass is 137 g/mol. The summed E-state index contributed by atoms with van der Waals surface area (Å²) >= 11 is 0. The molecule has 0 aliphatic heterocycles. The van der Waals surface area contributed by atoms with Crippen LogP contribution in [0.15, 0.2) is 0 Å². The fraction of sp³-hybridized carbons (Fsp3) is 1.00. The lowest BCUT2D eigenvalue weighted by Gasteiger charge is -1.99. The highest BCUT2D eigenvalue weighted by molar-refractivity contribution is 4.31. The van der Waals surface area contributed by atoms with E-state index in [0.717, 1.165) is 0 Å². The zero-order valence-corrected chi connectivity index (χ0v) is 5.52. The standard InChI is InChI=1S/C5H12FNO2/c1-8-4-5-9-3-2-7-6/h7H,2-5H2,1H3. The average molecular weight is 137 g/mol. The summed E-state index contributed by atoms with van der Waals surface area (Å²) in [5.41, 5.74) is 1.48. The molecule has 0 aliphatic carbocycles. The van der Waals surface area contributed by atoms with Crippen molar-refractivity contribution in [3.63, 3.8) is 0 Å². The molecule has 0 unspecified atom stereocenters. The summed E-state index contributed by atoms with van der Waals surface area (Å²) < 4.78 is 20.7. The molecule has 0 aromatic heterocycles. The molecular weight excluding hydrogens is 125 g/mol. The normalized spacial score (nSPS) is 10.0. The number of hydrogen-bond acceptors (Lipinski definition) is 3. The molecule has 3 nitrogen and oxygen atoms in total. The molecule has 0 spiro atoms. The number of methoxy groups -OCH3 is 1. The first kappa shape index (κ1) is 8.81. The highest BCUT2D eigenvalue weighted by Crippen LogP contribution is 1.73. The Labute approximate surface area is 54.1 Å². The third-order valence-corrected chi connectivity index (χ3v) is 0.773. The molecule has 0 aromatic carbocycles. The van der Waals surface area contributed by atoms with Gasteiger partial charge in [0, 0.05) is 13.7 Å². The number of ether oxygens (including phenoxy) is 2. The first-order valence-electron chi connectivity index (χ1n) is 2.82. The van der Waals surface area contributed by atoms with Crippen LogP contribution in [-0.4, -0.2) is 33.5 Å². The van der Waals surface area contributed by atoms with Gasteiger partial charge in [-0.05, 0) is 0 Å². The van der Waals surface area contributed by atoms with Crippen molar-refractivity contribution in [1.82, 2.24) is 5.54 Å². The summed E-state index contributed by atoms with van der Waals surface area (Å²) in [6.07, 6.45) is 0. The van der Waals surface area contributed by atoms with Crippen molar-refractivity contribution in [3.05, 3.63) is 0 Å². The fourth-order valence-corrected chi connectivity index (χ4v) is 0.355. The minimum absolute atomic E-state index is 0.240. The molecule has 0 saturated carbocycles. The van der Waals surface area contributed by atoms with Crippen LogP contribution in [0.5, 0.6) is 0 Å². The fourth-order valence-electron chi connectivity index (χ4n) is 0.355. The van der Waals surface area contributed by atoms with Crippen molar-refractivity contribution in [3.8, 4) is 0 Å². The molecule has 0 amide bonds. The zero-order valence-electron chi connectivity index (χ0n) is 5.52. The van der Waals surface area contributed by atoms with Gasteiger partial charge in [-0.3, -0.25) is 0 Å². The lowest BCUT2D eigenvalue weighted by molar-refractivity contribution is 0.0661. The second kappa shape index (κ2) is 7.81. The van der Waals surface area contributed by atoms with Crippen molar-refractivity contribution in [1.29, 1.82) is 0 Å². The molecule has 0 saturated heterocycles. The third-order valence-electron chi connectivity index (χ3n) is 0.773. The van der Waals surface area contributed by atoms with Crippen molar-refractivity contribution >= 4 is 0 Å². The van der Waals surface area contributed by atoms with Gasteiger partial charge in [-0.25, -0.2) is 0 Å². The van der Waals surface area contributed by atoms with Crippen LogP contribution in [0, 0.1) is 0 Å². The summed E-state index contributed by atoms with van der Waals surface area (Å²) in [5.74, 6) is 0. The van der Waals surface area contributed by atoms with Crippen LogP contribution in [0.1, 0.15) is 0 Å². The smallest absolute Gasteiger partial charge is 0.0700 e. The van der Waals surface area contributed by atoms with Crippen LogP contribution in [0.2, 0.25) is 0 Å². The second-order valence-corrected chi connectivity index (χ2v) is 1.49. The van der Waals surface area contributed by atoms with E-state index in [1.165, 1.54) is 5.54 Å². The van der Waals surface area contributed by atoms with Crippen LogP contribution in [0.4, 0.5) is 4.48 Å². The third kappa shape index (κ3) is 7.81. The van der Waals surface area contributed by atoms with E-state index < -0.39 is 0 Å². The molecule has 56 valence electrons. The lowest BCUT2D eigenvalue weighted by Crippen LogP contribution is -2.12. The molecule has 0 aliphatic rings. The largest absolute Gasteiger partial charge is 0.382 e. The van der Waals surface area contributed by atoms with Crippen LogP contribution in [0.25, 0.3) is 0 Å². The lowest BCUT2D eigenvalue weighted by atomic mass is 10.7. The van der Waals surface area contributed by atoms with Crippen LogP contribution in [0.3, 0.4) is 0 Å². The maximum Gasteiger partial charge on any atom is 0.0700 e. The second-order valence-electron chi connectivity index (χ2n) is 1.49. The van der Waals surface area contributed by atoms with E-state index in [-0.39, 0.29) is 6.54 Å². The zero-order chi connectivity index (χ0) is 6.95. The van der Waals surface area contributed by atoms with Crippen molar-refractivity contribution in [2.45, 2.75) is 0 Å². The predicted octanol–water partition coefficient (Wildman–Crippen LogP) is 0.124. The van der Waals surface area contributed by atoms with E-state index in [2.05, 4.69) is 4.74 Å². The van der Waals surface area contributed by atoms with Gasteiger partial charge in [0.2, 0.25) is 0 Å². The van der Waals surface area contributed by atoms with Gasteiger partial charge in [-0.1, -0.05) is 0 Å². The molecule has 9 heavy (non-hydrogen) atoms. The van der Waals surface area contributed by atoms with Gasteiger partial charge in [-0.15, -0.1) is 4.48 Å². The highest BCUT2D eigenvalue weighted by atomic mass is 19.2. The van der Waals surface area contributed by atoms with Gasteiger partial charge in [0.15, 0.2) is 0 Å². The quantitative estimate of drug-likeness (QED) is 0.416. The van der Waals surface area contributed by atoms with Crippen molar-refractivity contribution in [2.75, 3.05) is 33.5 Å². The Bertz CT molecular complexity index is 48.2. The summed E-state index contributed by atoms with van der Waals surface area (Å²) in [7, 11) is 1.59. The van der Waals surface area contributed by atoms with Gasteiger partial charge in [0.1, 0.15) is 0 Å². The molecular formula is C5H12FNO2. The van der Waals surface area contributed by atoms with E-state index in [1.54, 1.807) is 7.11 Å².